The van der Waals surface area contributed by atoms with E-state index in [0.29, 0.717) is 12.1 Å². The molecule has 0 saturated carbocycles. The molecule has 0 saturated heterocycles. The molecule has 0 amide bonds. The molecule has 20 heavy (non-hydrogen) atoms. The van der Waals surface area contributed by atoms with Gasteiger partial charge in [-0.15, -0.1) is 0 Å². The van der Waals surface area contributed by atoms with Crippen molar-refractivity contribution in [3.63, 3.8) is 0 Å². The van der Waals surface area contributed by atoms with Gasteiger partial charge < -0.3 is 10.2 Å². The van der Waals surface area contributed by atoms with Gasteiger partial charge in [-0.1, -0.05) is 0 Å². The second-order valence-corrected chi connectivity index (χ2v) is 4.10. The smallest absolute Gasteiger partial charge is 0.194 e. The molecule has 2 N–H and O–H groups in total. The van der Waals surface area contributed by atoms with Crippen molar-refractivity contribution in [2.24, 2.45) is 0 Å². The van der Waals surface area contributed by atoms with Gasteiger partial charge in [-0.3, -0.25) is 0 Å². The lowest BCUT2D eigenvalue weighted by Crippen LogP contribution is -2.41. The molecule has 2 unspecified atom stereocenters. The van der Waals surface area contributed by atoms with Crippen LogP contribution in [0.2, 0.25) is 0 Å². The fourth-order valence-electron chi connectivity index (χ4n) is 1.82. The third-order valence-electron chi connectivity index (χ3n) is 2.89. The normalized spacial score (nSPS) is 26.8. The van der Waals surface area contributed by atoms with E-state index in [9.17, 15) is 36.6 Å². The van der Waals surface area contributed by atoms with Crippen LogP contribution in [0.25, 0.3) is 0 Å². The summed E-state index contributed by atoms with van der Waals surface area (Å²) in [5.74, 6) is -11.6. The van der Waals surface area contributed by atoms with Gasteiger partial charge in [0.1, 0.15) is 11.7 Å². The highest BCUT2D eigenvalue weighted by Crippen LogP contribution is 2.41. The standard InChI is InChI=1S/C12H6F6O2/c13-5-2-1-4(7(15)8(5)16)12(20)3-6(14)9(17)10(18)11(12)19/h1-3,11,19-20H. The third-order valence-corrected chi connectivity index (χ3v) is 2.89. The number of allylic oxidation sites excluding steroid dienone is 2. The highest BCUT2D eigenvalue weighted by atomic mass is 19.2. The van der Waals surface area contributed by atoms with Crippen molar-refractivity contribution < 1.29 is 36.6 Å². The maximum Gasteiger partial charge on any atom is 0.194 e. The van der Waals surface area contributed by atoms with Crippen molar-refractivity contribution >= 4 is 0 Å². The first kappa shape index (κ1) is 14.6. The zero-order valence-corrected chi connectivity index (χ0v) is 9.47. The average Bonchev–Trinajstić information content (AvgIpc) is 2.40. The maximum absolute atomic E-state index is 13.5. The summed E-state index contributed by atoms with van der Waals surface area (Å²) in [6.45, 7) is 0. The Balaban J connectivity index is 2.67. The van der Waals surface area contributed by atoms with Crippen LogP contribution >= 0.6 is 0 Å². The lowest BCUT2D eigenvalue weighted by Gasteiger charge is -2.32. The number of rotatable bonds is 1. The van der Waals surface area contributed by atoms with E-state index in [4.69, 9.17) is 0 Å². The van der Waals surface area contributed by atoms with Crippen molar-refractivity contribution in [2.45, 2.75) is 11.7 Å². The molecule has 1 aromatic rings. The number of hydrogen-bond donors (Lipinski definition) is 2. The molecule has 0 fully saturated rings. The zero-order chi connectivity index (χ0) is 15.2. The van der Waals surface area contributed by atoms with Gasteiger partial charge in [0.05, 0.1) is 0 Å². The zero-order valence-electron chi connectivity index (χ0n) is 9.47. The van der Waals surface area contributed by atoms with Crippen LogP contribution < -0.4 is 0 Å². The van der Waals surface area contributed by atoms with Crippen molar-refractivity contribution in [1.29, 1.82) is 0 Å². The van der Waals surface area contributed by atoms with Gasteiger partial charge >= 0.3 is 0 Å². The van der Waals surface area contributed by atoms with Crippen LogP contribution in [-0.2, 0) is 5.60 Å². The Bertz CT molecular complexity index is 639. The van der Waals surface area contributed by atoms with Crippen LogP contribution in [0.5, 0.6) is 0 Å². The fraction of sp³-hybridized carbons (Fsp3) is 0.167. The third kappa shape index (κ3) is 1.92. The first-order valence-corrected chi connectivity index (χ1v) is 5.18. The Hall–Kier alpha value is -1.80. The first-order chi connectivity index (χ1) is 9.20. The molecule has 2 rings (SSSR count). The summed E-state index contributed by atoms with van der Waals surface area (Å²) in [5.41, 5.74) is -4.25. The summed E-state index contributed by atoms with van der Waals surface area (Å²) in [5, 5.41) is 19.3. The van der Waals surface area contributed by atoms with E-state index in [-0.39, 0.29) is 6.08 Å². The van der Waals surface area contributed by atoms with Crippen LogP contribution in [0.15, 0.2) is 35.7 Å². The molecule has 0 radical (unpaired) electrons. The molecule has 0 spiro atoms. The van der Waals surface area contributed by atoms with Crippen LogP contribution in [0, 0.1) is 17.5 Å². The van der Waals surface area contributed by atoms with Crippen molar-refractivity contribution in [2.75, 3.05) is 0 Å². The molecule has 108 valence electrons. The minimum Gasteiger partial charge on any atom is -0.382 e. The van der Waals surface area contributed by atoms with E-state index in [2.05, 4.69) is 0 Å². The molecule has 2 nitrogen and oxygen atoms in total. The largest absolute Gasteiger partial charge is 0.382 e. The van der Waals surface area contributed by atoms with E-state index in [0.717, 1.165) is 0 Å². The highest BCUT2D eigenvalue weighted by molar-refractivity contribution is 5.42. The van der Waals surface area contributed by atoms with Crippen molar-refractivity contribution in [3.05, 3.63) is 58.7 Å². The van der Waals surface area contributed by atoms with E-state index in [1.54, 1.807) is 0 Å². The molecule has 0 heterocycles. The Morgan fingerprint density at radius 2 is 1.55 bits per heavy atom. The van der Waals surface area contributed by atoms with Gasteiger partial charge in [-0.05, 0) is 18.2 Å². The minimum atomic E-state index is -3.11. The van der Waals surface area contributed by atoms with Gasteiger partial charge in [0.25, 0.3) is 0 Å². The maximum atomic E-state index is 13.5. The Labute approximate surface area is 108 Å². The molecule has 8 heteroatoms. The molecule has 1 aliphatic rings. The van der Waals surface area contributed by atoms with Gasteiger partial charge in [0, 0.05) is 5.56 Å². The second-order valence-electron chi connectivity index (χ2n) is 4.10. The highest BCUT2D eigenvalue weighted by Gasteiger charge is 2.47. The summed E-state index contributed by atoms with van der Waals surface area (Å²) in [6, 6.07) is 0.869. The van der Waals surface area contributed by atoms with Crippen molar-refractivity contribution in [3.8, 4) is 0 Å². The Kier molecular flexibility index (Phi) is 3.39. The summed E-state index contributed by atoms with van der Waals surface area (Å²) >= 11 is 0. The average molecular weight is 296 g/mol. The number of hydrogen-bond acceptors (Lipinski definition) is 2. The van der Waals surface area contributed by atoms with Gasteiger partial charge in [0.2, 0.25) is 0 Å². The van der Waals surface area contributed by atoms with E-state index >= 15 is 0 Å². The SMILES string of the molecule is OC1C(F)=C(F)C(F)=CC1(O)c1ccc(F)c(F)c1F. The molecular weight excluding hydrogens is 290 g/mol. The first-order valence-electron chi connectivity index (χ1n) is 5.18. The molecule has 1 aromatic carbocycles. The Morgan fingerprint density at radius 3 is 2.15 bits per heavy atom. The second kappa shape index (κ2) is 4.64. The molecule has 1 aliphatic carbocycles. The minimum absolute atomic E-state index is 0.0220. The van der Waals surface area contributed by atoms with E-state index in [1.165, 1.54) is 0 Å². The summed E-state index contributed by atoms with van der Waals surface area (Å²) in [6.07, 6.45) is -2.73. The molecule has 2 atom stereocenters. The lowest BCUT2D eigenvalue weighted by atomic mass is 9.83. The predicted molar refractivity (Wildman–Crippen MR) is 54.7 cm³/mol. The predicted octanol–water partition coefficient (Wildman–Crippen LogP) is 2.67. The van der Waals surface area contributed by atoms with Crippen LogP contribution in [0.4, 0.5) is 26.3 Å². The Morgan fingerprint density at radius 1 is 0.950 bits per heavy atom. The van der Waals surface area contributed by atoms with Crippen LogP contribution in [0.3, 0.4) is 0 Å². The lowest BCUT2D eigenvalue weighted by molar-refractivity contribution is -0.0430. The summed E-state index contributed by atoms with van der Waals surface area (Å²) < 4.78 is 78.6. The molecular formula is C12H6F6O2. The summed E-state index contributed by atoms with van der Waals surface area (Å²) in [4.78, 5) is 0. The molecule has 0 aromatic heterocycles. The van der Waals surface area contributed by atoms with Crippen molar-refractivity contribution in [1.82, 2.24) is 0 Å². The van der Waals surface area contributed by atoms with E-state index < -0.39 is 52.2 Å². The van der Waals surface area contributed by atoms with Gasteiger partial charge in [-0.25, -0.2) is 26.3 Å². The number of benzene rings is 1. The molecule has 0 bridgehead atoms. The van der Waals surface area contributed by atoms with Crippen LogP contribution in [0.1, 0.15) is 5.56 Å². The monoisotopic (exact) mass is 296 g/mol. The fourth-order valence-corrected chi connectivity index (χ4v) is 1.82. The quantitative estimate of drug-likeness (QED) is 0.618. The number of aliphatic hydroxyl groups is 2. The van der Waals surface area contributed by atoms with Crippen LogP contribution in [-0.4, -0.2) is 16.3 Å². The van der Waals surface area contributed by atoms with Gasteiger partial charge in [0.15, 0.2) is 34.9 Å². The van der Waals surface area contributed by atoms with Gasteiger partial charge in [-0.2, -0.15) is 0 Å². The summed E-state index contributed by atoms with van der Waals surface area (Å²) in [7, 11) is 0. The number of halogens is 6. The van der Waals surface area contributed by atoms with E-state index in [1.807, 2.05) is 0 Å². The molecule has 0 aliphatic heterocycles. The number of aliphatic hydroxyl groups excluding tert-OH is 1. The topological polar surface area (TPSA) is 40.5 Å².